The highest BCUT2D eigenvalue weighted by atomic mass is 16.5. The van der Waals surface area contributed by atoms with Gasteiger partial charge in [0.1, 0.15) is 5.75 Å². The zero-order valence-corrected chi connectivity index (χ0v) is 20.9. The molecule has 5 aromatic rings. The lowest BCUT2D eigenvalue weighted by atomic mass is 9.71. The number of hydrogen-bond acceptors (Lipinski definition) is 4. The van der Waals surface area contributed by atoms with Gasteiger partial charge in [-0.2, -0.15) is 0 Å². The number of hydrogen-bond donors (Lipinski definition) is 0. The molecule has 4 heteroatoms. The number of carbonyl (C=O) groups is 1. The molecule has 4 aromatic carbocycles. The van der Waals surface area contributed by atoms with Crippen molar-refractivity contribution < 1.29 is 9.53 Å². The molecule has 7 rings (SSSR count). The normalized spacial score (nSPS) is 18.2. The Morgan fingerprint density at radius 2 is 1.75 bits per heavy atom. The summed E-state index contributed by atoms with van der Waals surface area (Å²) in [7, 11) is 0. The molecule has 0 N–H and O–H groups in total. The van der Waals surface area contributed by atoms with Gasteiger partial charge >= 0.3 is 0 Å². The predicted molar refractivity (Wildman–Crippen MR) is 144 cm³/mol. The smallest absolute Gasteiger partial charge is 0.193 e. The van der Waals surface area contributed by atoms with Crippen molar-refractivity contribution in [1.82, 2.24) is 9.97 Å². The highest BCUT2D eigenvalue weighted by Crippen LogP contribution is 2.49. The Hall–Kier alpha value is -3.79. The minimum absolute atomic E-state index is 0.000593. The lowest BCUT2D eigenvalue weighted by Gasteiger charge is -2.33. The molecule has 1 aliphatic heterocycles. The van der Waals surface area contributed by atoms with E-state index in [0.29, 0.717) is 17.7 Å². The van der Waals surface area contributed by atoms with Crippen LogP contribution in [0.5, 0.6) is 5.75 Å². The molecular formula is C32H28N2O2. The molecule has 0 radical (unpaired) electrons. The van der Waals surface area contributed by atoms with Gasteiger partial charge in [-0.05, 0) is 54.0 Å². The summed E-state index contributed by atoms with van der Waals surface area (Å²) < 4.78 is 6.27. The van der Waals surface area contributed by atoms with Gasteiger partial charge in [0.2, 0.25) is 0 Å². The van der Waals surface area contributed by atoms with Crippen molar-refractivity contribution in [2.45, 2.75) is 51.4 Å². The quantitative estimate of drug-likeness (QED) is 0.154. The summed E-state index contributed by atoms with van der Waals surface area (Å²) in [6.07, 6.45) is 3.37. The van der Waals surface area contributed by atoms with Gasteiger partial charge < -0.3 is 4.74 Å². The second-order valence-corrected chi connectivity index (χ2v) is 11.0. The van der Waals surface area contributed by atoms with E-state index in [1.54, 1.807) is 0 Å². The third kappa shape index (κ3) is 3.03. The molecule has 0 spiro atoms. The predicted octanol–water partition coefficient (Wildman–Crippen LogP) is 7.28. The van der Waals surface area contributed by atoms with Crippen LogP contribution in [0.2, 0.25) is 0 Å². The molecule has 1 aromatic heterocycles. The zero-order chi connectivity index (χ0) is 24.6. The topological polar surface area (TPSA) is 52.1 Å². The first kappa shape index (κ1) is 21.5. The third-order valence-electron chi connectivity index (χ3n) is 8.18. The van der Waals surface area contributed by atoms with Crippen LogP contribution in [0, 0.1) is 0 Å². The minimum Gasteiger partial charge on any atom is -0.492 e. The van der Waals surface area contributed by atoms with Gasteiger partial charge in [0, 0.05) is 33.4 Å². The number of ether oxygens (including phenoxy) is 1. The molecule has 2 heterocycles. The number of aromatic nitrogens is 2. The van der Waals surface area contributed by atoms with Gasteiger partial charge in [-0.25, -0.2) is 9.97 Å². The van der Waals surface area contributed by atoms with Crippen LogP contribution in [-0.4, -0.2) is 22.4 Å². The minimum atomic E-state index is -0.000593. The molecule has 4 nitrogen and oxygen atoms in total. The Bertz CT molecular complexity index is 1720. The van der Waals surface area contributed by atoms with Gasteiger partial charge in [-0.3, -0.25) is 4.79 Å². The van der Waals surface area contributed by atoms with Crippen molar-refractivity contribution in [2.75, 3.05) is 6.61 Å². The fourth-order valence-electron chi connectivity index (χ4n) is 6.31. The molecule has 0 fully saturated rings. The number of ketones is 1. The number of rotatable bonds is 2. The summed E-state index contributed by atoms with van der Waals surface area (Å²) in [6, 6.07) is 19.6. The SMILES string of the molecule is CC1COc2c1c1nc3ccc(C(=O)c4ccccc4)cc3nc1c1c3c(ccc21)C(C)(C)CCC3. The molecule has 0 saturated carbocycles. The van der Waals surface area contributed by atoms with Crippen molar-refractivity contribution >= 4 is 38.6 Å². The van der Waals surface area contributed by atoms with Crippen molar-refractivity contribution in [3.63, 3.8) is 0 Å². The average Bonchev–Trinajstić information content (AvgIpc) is 3.28. The Morgan fingerprint density at radius 1 is 0.944 bits per heavy atom. The molecule has 1 atom stereocenters. The van der Waals surface area contributed by atoms with Crippen LogP contribution in [0.15, 0.2) is 60.7 Å². The highest BCUT2D eigenvalue weighted by molar-refractivity contribution is 6.14. The van der Waals surface area contributed by atoms with Crippen molar-refractivity contribution in [3.8, 4) is 5.75 Å². The number of aryl methyl sites for hydroxylation is 1. The van der Waals surface area contributed by atoms with E-state index in [1.165, 1.54) is 22.9 Å². The Labute approximate surface area is 210 Å². The monoisotopic (exact) mass is 472 g/mol. The fraction of sp³-hybridized carbons (Fsp3) is 0.281. The summed E-state index contributed by atoms with van der Waals surface area (Å²) in [4.78, 5) is 23.6. The van der Waals surface area contributed by atoms with Gasteiger partial charge in [0.15, 0.2) is 5.78 Å². The van der Waals surface area contributed by atoms with Crippen LogP contribution in [0.3, 0.4) is 0 Å². The molecule has 0 amide bonds. The van der Waals surface area contributed by atoms with Gasteiger partial charge in [0.25, 0.3) is 0 Å². The third-order valence-corrected chi connectivity index (χ3v) is 8.18. The maximum absolute atomic E-state index is 13.2. The lowest BCUT2D eigenvalue weighted by Crippen LogP contribution is -2.24. The molecule has 2 aliphatic rings. The molecular weight excluding hydrogens is 444 g/mol. The van der Waals surface area contributed by atoms with E-state index in [1.807, 2.05) is 48.5 Å². The molecule has 1 aliphatic carbocycles. The van der Waals surface area contributed by atoms with Crippen LogP contribution >= 0.6 is 0 Å². The largest absolute Gasteiger partial charge is 0.492 e. The van der Waals surface area contributed by atoms with Crippen LogP contribution in [0.4, 0.5) is 0 Å². The standard InChI is InChI=1S/C32H28N2O2/c1-18-17-36-31-22-12-13-23-21(10-7-15-32(23,2)3)27(22)29-28(26(18)31)33-24-14-11-20(16-25(24)34-29)30(35)19-8-5-4-6-9-19/h4-6,8-9,11-14,16,18H,7,10,15,17H2,1-3H3. The van der Waals surface area contributed by atoms with E-state index in [0.717, 1.165) is 51.6 Å². The van der Waals surface area contributed by atoms with Gasteiger partial charge in [-0.1, -0.05) is 63.2 Å². The first-order valence-electron chi connectivity index (χ1n) is 12.9. The summed E-state index contributed by atoms with van der Waals surface area (Å²) in [5.41, 5.74) is 8.81. The summed E-state index contributed by atoms with van der Waals surface area (Å²) >= 11 is 0. The second-order valence-electron chi connectivity index (χ2n) is 11.0. The fourth-order valence-corrected chi connectivity index (χ4v) is 6.31. The van der Waals surface area contributed by atoms with E-state index in [4.69, 9.17) is 14.7 Å². The van der Waals surface area contributed by atoms with Gasteiger partial charge in [-0.15, -0.1) is 0 Å². The number of nitrogens with zero attached hydrogens (tertiary/aromatic N) is 2. The molecule has 1 unspecified atom stereocenters. The zero-order valence-electron chi connectivity index (χ0n) is 20.9. The van der Waals surface area contributed by atoms with Crippen LogP contribution in [0.25, 0.3) is 32.8 Å². The maximum atomic E-state index is 13.2. The first-order chi connectivity index (χ1) is 17.4. The van der Waals surface area contributed by atoms with Gasteiger partial charge in [0.05, 0.1) is 28.7 Å². The van der Waals surface area contributed by atoms with Crippen molar-refractivity contribution in [3.05, 3.63) is 88.5 Å². The van der Waals surface area contributed by atoms with E-state index in [2.05, 4.69) is 32.9 Å². The number of fused-ring (bicyclic) bond motifs is 9. The Balaban J connectivity index is 1.55. The molecule has 0 saturated heterocycles. The van der Waals surface area contributed by atoms with E-state index in [-0.39, 0.29) is 17.1 Å². The van der Waals surface area contributed by atoms with Crippen LogP contribution < -0.4 is 4.74 Å². The van der Waals surface area contributed by atoms with Crippen LogP contribution in [0.1, 0.15) is 72.1 Å². The van der Waals surface area contributed by atoms with E-state index < -0.39 is 0 Å². The highest BCUT2D eigenvalue weighted by Gasteiger charge is 2.33. The molecule has 178 valence electrons. The first-order valence-corrected chi connectivity index (χ1v) is 12.9. The molecule has 0 bridgehead atoms. The second kappa shape index (κ2) is 7.60. The molecule has 36 heavy (non-hydrogen) atoms. The van der Waals surface area contributed by atoms with E-state index >= 15 is 0 Å². The maximum Gasteiger partial charge on any atom is 0.193 e. The van der Waals surface area contributed by atoms with Crippen molar-refractivity contribution in [2.24, 2.45) is 0 Å². The lowest BCUT2D eigenvalue weighted by molar-refractivity contribution is 0.103. The summed E-state index contributed by atoms with van der Waals surface area (Å²) in [6.45, 7) is 7.55. The number of benzene rings is 4. The number of carbonyl (C=O) groups excluding carboxylic acids is 1. The van der Waals surface area contributed by atoms with Crippen molar-refractivity contribution in [1.29, 1.82) is 0 Å². The average molecular weight is 473 g/mol. The van der Waals surface area contributed by atoms with E-state index in [9.17, 15) is 4.79 Å². The van der Waals surface area contributed by atoms with Crippen LogP contribution in [-0.2, 0) is 11.8 Å². The Morgan fingerprint density at radius 3 is 2.58 bits per heavy atom. The summed E-state index contributed by atoms with van der Waals surface area (Å²) in [5, 5.41) is 2.32. The Kier molecular flexibility index (Phi) is 4.54. The summed E-state index contributed by atoms with van der Waals surface area (Å²) in [5.74, 6) is 1.23.